The Morgan fingerprint density at radius 1 is 1.23 bits per heavy atom. The van der Waals surface area contributed by atoms with Crippen molar-refractivity contribution in [3.05, 3.63) is 64.4 Å². The lowest BCUT2D eigenvalue weighted by atomic mass is 9.73. The van der Waals surface area contributed by atoms with E-state index in [1.54, 1.807) is 18.2 Å². The Bertz CT molecular complexity index is 1420. The molecule has 2 heterocycles. The van der Waals surface area contributed by atoms with Crippen molar-refractivity contribution in [3.63, 3.8) is 0 Å². The van der Waals surface area contributed by atoms with E-state index in [4.69, 9.17) is 21.1 Å². The molecule has 2 amide bonds. The maximum Gasteiger partial charge on any atom is 0.407 e. The monoisotopic (exact) mass is 652 g/mol. The molecule has 0 aromatic heterocycles. The molecule has 2 aliphatic rings. The van der Waals surface area contributed by atoms with E-state index in [9.17, 15) is 18.0 Å². The van der Waals surface area contributed by atoms with Gasteiger partial charge in [0.05, 0.1) is 19.0 Å². The predicted molar refractivity (Wildman–Crippen MR) is 168 cm³/mol. The van der Waals surface area contributed by atoms with Crippen LogP contribution in [0.1, 0.15) is 50.2 Å². The molecule has 0 spiro atoms. The van der Waals surface area contributed by atoms with E-state index in [2.05, 4.69) is 16.0 Å². The highest BCUT2D eigenvalue weighted by Gasteiger charge is 2.41. The van der Waals surface area contributed by atoms with Gasteiger partial charge in [0.2, 0.25) is 15.9 Å². The highest BCUT2D eigenvalue weighted by atomic mass is 35.5. The summed E-state index contributed by atoms with van der Waals surface area (Å²) in [6, 6.07) is 10.1. The first-order chi connectivity index (χ1) is 20.8. The molecule has 2 saturated heterocycles. The Morgan fingerprint density at radius 2 is 1.95 bits per heavy atom. The number of methoxy groups -OCH3 is 1. The number of hydrogen-bond donors (Lipinski definition) is 3. The van der Waals surface area contributed by atoms with E-state index in [1.807, 2.05) is 26.0 Å². The number of piperazine rings is 1. The molecule has 2 aromatic rings. The maximum atomic E-state index is 15.3. The Labute approximate surface area is 264 Å². The standard InChI is InChI=1S/C31H42ClFN4O6S/c1-31(2)18-21(14-17-43-31)27(20-8-10-22(32)11-9-20)28(36-30(39)42-3)29(38)35-26-7-5-6-25(33)24(26)13-12-23-19-34-15-16-37(23)44(4,40)41/h5-11,21,23,27-28,34H,12-19H2,1-4H3,(H,35,38)(H,36,39)/t21?,23-,27?,28?/m0/s1. The largest absolute Gasteiger partial charge is 0.453 e. The van der Waals surface area contributed by atoms with Crippen molar-refractivity contribution in [1.29, 1.82) is 0 Å². The number of carbonyl (C=O) groups excluding carboxylic acids is 2. The molecule has 2 aromatic carbocycles. The summed E-state index contributed by atoms with van der Waals surface area (Å²) < 4.78 is 52.3. The molecule has 3 N–H and O–H groups in total. The molecular formula is C31H42ClFN4O6S. The number of rotatable bonds is 10. The van der Waals surface area contributed by atoms with Crippen LogP contribution in [0.5, 0.6) is 0 Å². The lowest BCUT2D eigenvalue weighted by molar-refractivity contribution is -0.120. The van der Waals surface area contributed by atoms with Crippen molar-refractivity contribution in [1.82, 2.24) is 14.9 Å². The number of carbonyl (C=O) groups is 2. The molecule has 4 atom stereocenters. The molecule has 0 aliphatic carbocycles. The van der Waals surface area contributed by atoms with Gasteiger partial charge in [0.1, 0.15) is 11.9 Å². The zero-order valence-corrected chi connectivity index (χ0v) is 27.1. The first kappa shape index (κ1) is 34.1. The van der Waals surface area contributed by atoms with Crippen LogP contribution >= 0.6 is 11.6 Å². The normalized spacial score (nSPS) is 22.0. The number of amides is 2. The summed E-state index contributed by atoms with van der Waals surface area (Å²) in [6.07, 6.45) is 2.21. The molecule has 242 valence electrons. The SMILES string of the molecule is COC(=O)NC(C(=O)Nc1cccc(F)c1CC[C@H]1CNCCN1S(C)(=O)=O)C(c1ccc(Cl)cc1)C1CCOC(C)(C)C1. The number of sulfonamides is 1. The number of anilines is 1. The van der Waals surface area contributed by atoms with Gasteiger partial charge in [-0.1, -0.05) is 29.8 Å². The summed E-state index contributed by atoms with van der Waals surface area (Å²) in [5.74, 6) is -1.59. The highest BCUT2D eigenvalue weighted by molar-refractivity contribution is 7.88. The smallest absolute Gasteiger partial charge is 0.407 e. The van der Waals surface area contributed by atoms with Gasteiger partial charge >= 0.3 is 6.09 Å². The second-order valence-corrected chi connectivity index (χ2v) is 14.4. The van der Waals surface area contributed by atoms with Crippen LogP contribution < -0.4 is 16.0 Å². The fourth-order valence-corrected chi connectivity index (χ4v) is 7.66. The summed E-state index contributed by atoms with van der Waals surface area (Å²) in [4.78, 5) is 26.8. The summed E-state index contributed by atoms with van der Waals surface area (Å²) in [7, 11) is -2.22. The van der Waals surface area contributed by atoms with Crippen molar-refractivity contribution < 1.29 is 31.9 Å². The summed E-state index contributed by atoms with van der Waals surface area (Å²) in [6.45, 7) is 5.79. The second-order valence-electron chi connectivity index (χ2n) is 12.1. The van der Waals surface area contributed by atoms with Crippen LogP contribution in [-0.4, -0.2) is 82.0 Å². The van der Waals surface area contributed by atoms with E-state index >= 15 is 4.39 Å². The van der Waals surface area contributed by atoms with Gasteiger partial charge in [-0.25, -0.2) is 17.6 Å². The lowest BCUT2D eigenvalue weighted by Gasteiger charge is -2.41. The van der Waals surface area contributed by atoms with Gasteiger partial charge in [0.25, 0.3) is 0 Å². The quantitative estimate of drug-likeness (QED) is 0.350. The van der Waals surface area contributed by atoms with Gasteiger partial charge in [-0.3, -0.25) is 4.79 Å². The average Bonchev–Trinajstić information content (AvgIpc) is 2.96. The number of nitrogens with zero attached hydrogens (tertiary/aromatic N) is 1. The first-order valence-corrected chi connectivity index (χ1v) is 17.0. The zero-order chi connectivity index (χ0) is 32.1. The van der Waals surface area contributed by atoms with Crippen molar-refractivity contribution in [2.24, 2.45) is 5.92 Å². The van der Waals surface area contributed by atoms with Crippen molar-refractivity contribution in [2.45, 2.75) is 63.1 Å². The third-order valence-electron chi connectivity index (χ3n) is 8.42. The fourth-order valence-electron chi connectivity index (χ4n) is 6.39. The van der Waals surface area contributed by atoms with Crippen LogP contribution in [0, 0.1) is 11.7 Å². The lowest BCUT2D eigenvalue weighted by Crippen LogP contribution is -2.53. The summed E-state index contributed by atoms with van der Waals surface area (Å²) in [5.41, 5.74) is 0.873. The third kappa shape index (κ3) is 8.69. The highest BCUT2D eigenvalue weighted by Crippen LogP contribution is 2.41. The minimum Gasteiger partial charge on any atom is -0.453 e. The minimum absolute atomic E-state index is 0.0550. The molecule has 0 radical (unpaired) electrons. The number of ether oxygens (including phenoxy) is 2. The molecule has 4 rings (SSSR count). The molecule has 0 bridgehead atoms. The van der Waals surface area contributed by atoms with Gasteiger partial charge in [-0.2, -0.15) is 4.31 Å². The zero-order valence-electron chi connectivity index (χ0n) is 25.6. The topological polar surface area (TPSA) is 126 Å². The molecule has 2 fully saturated rings. The predicted octanol–water partition coefficient (Wildman–Crippen LogP) is 4.30. The van der Waals surface area contributed by atoms with Gasteiger partial charge in [-0.15, -0.1) is 0 Å². The van der Waals surface area contributed by atoms with E-state index in [1.165, 1.54) is 29.8 Å². The summed E-state index contributed by atoms with van der Waals surface area (Å²) >= 11 is 6.19. The Kier molecular flexibility index (Phi) is 11.3. The Hall–Kier alpha value is -2.77. The molecule has 13 heteroatoms. The van der Waals surface area contributed by atoms with Crippen LogP contribution in [-0.2, 0) is 30.7 Å². The molecule has 3 unspecified atom stereocenters. The van der Waals surface area contributed by atoms with E-state index in [0.717, 1.165) is 5.56 Å². The van der Waals surface area contributed by atoms with Crippen molar-refractivity contribution >= 4 is 39.3 Å². The second kappa shape index (κ2) is 14.6. The van der Waals surface area contributed by atoms with Crippen LogP contribution in [0.2, 0.25) is 5.02 Å². The van der Waals surface area contributed by atoms with E-state index in [0.29, 0.717) is 50.5 Å². The molecular weight excluding hydrogens is 611 g/mol. The molecule has 44 heavy (non-hydrogen) atoms. The number of benzene rings is 2. The van der Waals surface area contributed by atoms with Crippen LogP contribution in [0.3, 0.4) is 0 Å². The first-order valence-electron chi connectivity index (χ1n) is 14.8. The minimum atomic E-state index is -3.44. The van der Waals surface area contributed by atoms with Crippen LogP contribution in [0.4, 0.5) is 14.9 Å². The molecule has 10 nitrogen and oxygen atoms in total. The van der Waals surface area contributed by atoms with E-state index in [-0.39, 0.29) is 29.6 Å². The van der Waals surface area contributed by atoms with Gasteiger partial charge in [0, 0.05) is 54.5 Å². The van der Waals surface area contributed by atoms with Crippen molar-refractivity contribution in [2.75, 3.05) is 44.9 Å². The summed E-state index contributed by atoms with van der Waals surface area (Å²) in [5, 5.41) is 9.36. The third-order valence-corrected chi connectivity index (χ3v) is 10.0. The van der Waals surface area contributed by atoms with Gasteiger partial charge in [-0.05, 0) is 75.3 Å². The Morgan fingerprint density at radius 3 is 2.61 bits per heavy atom. The number of alkyl carbamates (subject to hydrolysis) is 1. The van der Waals surface area contributed by atoms with Crippen LogP contribution in [0.25, 0.3) is 0 Å². The van der Waals surface area contributed by atoms with Gasteiger partial charge in [0.15, 0.2) is 0 Å². The number of hydrogen-bond acceptors (Lipinski definition) is 7. The number of halogens is 2. The van der Waals surface area contributed by atoms with Gasteiger partial charge < -0.3 is 25.4 Å². The fraction of sp³-hybridized carbons (Fsp3) is 0.548. The molecule has 2 aliphatic heterocycles. The number of nitrogens with one attached hydrogen (secondary N) is 3. The maximum absolute atomic E-state index is 15.3. The van der Waals surface area contributed by atoms with Crippen LogP contribution in [0.15, 0.2) is 42.5 Å². The van der Waals surface area contributed by atoms with Crippen molar-refractivity contribution in [3.8, 4) is 0 Å². The van der Waals surface area contributed by atoms with E-state index < -0.39 is 45.4 Å². The average molecular weight is 653 g/mol. The Balaban J connectivity index is 1.65. The molecule has 0 saturated carbocycles.